The van der Waals surface area contributed by atoms with Gasteiger partial charge in [-0.3, -0.25) is 10.1 Å². The van der Waals surface area contributed by atoms with Crippen molar-refractivity contribution in [3.8, 4) is 5.75 Å². The highest BCUT2D eigenvalue weighted by molar-refractivity contribution is 6.05. The number of nitro benzene ring substituents is 1. The highest BCUT2D eigenvalue weighted by Gasteiger charge is 2.22. The van der Waals surface area contributed by atoms with E-state index in [9.17, 15) is 14.9 Å². The minimum absolute atomic E-state index is 0.0248. The van der Waals surface area contributed by atoms with E-state index in [2.05, 4.69) is 0 Å². The van der Waals surface area contributed by atoms with E-state index in [-0.39, 0.29) is 5.69 Å². The zero-order valence-electron chi connectivity index (χ0n) is 13.7. The number of aryl methyl sites for hydroxylation is 1. The van der Waals surface area contributed by atoms with Gasteiger partial charge >= 0.3 is 5.97 Å². The highest BCUT2D eigenvalue weighted by Crippen LogP contribution is 2.29. The lowest BCUT2D eigenvalue weighted by Crippen LogP contribution is -1.98. The molecule has 1 heterocycles. The maximum atomic E-state index is 12.1. The molecule has 2 aromatic carbocycles. The number of esters is 1. The van der Waals surface area contributed by atoms with Crippen LogP contribution in [-0.4, -0.2) is 18.0 Å². The van der Waals surface area contributed by atoms with Gasteiger partial charge in [0.25, 0.3) is 5.69 Å². The average molecular weight is 337 g/mol. The summed E-state index contributed by atoms with van der Waals surface area (Å²) in [6, 6.07) is 11.7. The van der Waals surface area contributed by atoms with Crippen molar-refractivity contribution in [2.45, 2.75) is 6.92 Å². The van der Waals surface area contributed by atoms with Crippen LogP contribution in [0.1, 0.15) is 16.7 Å². The van der Waals surface area contributed by atoms with E-state index >= 15 is 0 Å². The van der Waals surface area contributed by atoms with Crippen LogP contribution in [0.5, 0.6) is 5.75 Å². The molecule has 0 amide bonds. The Kier molecular flexibility index (Phi) is 4.35. The number of methoxy groups -OCH3 is 1. The summed E-state index contributed by atoms with van der Waals surface area (Å²) in [5.41, 5.74) is 2.50. The Labute approximate surface area is 144 Å². The molecular formula is C19H15NO5. The third kappa shape index (κ3) is 3.42. The Balaban J connectivity index is 1.95. The zero-order chi connectivity index (χ0) is 18.0. The number of cyclic esters (lactones) is 1. The molecule has 2 aromatic rings. The number of non-ortho nitro benzene ring substituents is 1. The van der Waals surface area contributed by atoms with Crippen LogP contribution in [0.3, 0.4) is 0 Å². The average Bonchev–Trinajstić information content (AvgIpc) is 2.97. The quantitative estimate of drug-likeness (QED) is 0.366. The van der Waals surface area contributed by atoms with E-state index in [1.165, 1.54) is 12.1 Å². The molecule has 0 unspecified atom stereocenters. The second-order valence-corrected chi connectivity index (χ2v) is 5.52. The fourth-order valence-corrected chi connectivity index (χ4v) is 2.45. The number of hydrogen-bond acceptors (Lipinski definition) is 5. The van der Waals surface area contributed by atoms with Crippen molar-refractivity contribution >= 4 is 23.5 Å². The minimum Gasteiger partial charge on any atom is -0.497 e. The van der Waals surface area contributed by atoms with Crippen LogP contribution >= 0.6 is 0 Å². The molecule has 0 radical (unpaired) electrons. The molecule has 0 atom stereocenters. The van der Waals surface area contributed by atoms with Crippen molar-refractivity contribution in [3.63, 3.8) is 0 Å². The molecule has 3 rings (SSSR count). The Morgan fingerprint density at radius 3 is 2.52 bits per heavy atom. The minimum atomic E-state index is -0.489. The van der Waals surface area contributed by atoms with Gasteiger partial charge in [-0.25, -0.2) is 4.79 Å². The van der Waals surface area contributed by atoms with Crippen LogP contribution in [-0.2, 0) is 9.53 Å². The van der Waals surface area contributed by atoms with Gasteiger partial charge in [-0.1, -0.05) is 6.07 Å². The SMILES string of the molecule is COc1ccc(C2=C/C(=C/c3cc([N+](=O)[O-])ccc3C)C(=O)O2)cc1. The van der Waals surface area contributed by atoms with Crippen molar-refractivity contribution in [2.24, 2.45) is 0 Å². The third-order valence-corrected chi connectivity index (χ3v) is 3.88. The molecule has 0 aliphatic carbocycles. The monoisotopic (exact) mass is 337 g/mol. The lowest BCUT2D eigenvalue weighted by molar-refractivity contribution is -0.384. The molecule has 6 heteroatoms. The summed E-state index contributed by atoms with van der Waals surface area (Å²) in [6.45, 7) is 1.82. The van der Waals surface area contributed by atoms with Gasteiger partial charge in [0.2, 0.25) is 0 Å². The van der Waals surface area contributed by atoms with E-state index < -0.39 is 10.9 Å². The zero-order valence-corrected chi connectivity index (χ0v) is 13.7. The fourth-order valence-electron chi connectivity index (χ4n) is 2.45. The molecule has 25 heavy (non-hydrogen) atoms. The third-order valence-electron chi connectivity index (χ3n) is 3.88. The summed E-state index contributed by atoms with van der Waals surface area (Å²) < 4.78 is 10.4. The van der Waals surface area contributed by atoms with Crippen LogP contribution in [0.4, 0.5) is 5.69 Å². The standard InChI is InChI=1S/C19H15NO5/c1-12-3-6-16(20(22)23)10-14(12)9-15-11-18(25-19(15)21)13-4-7-17(24-2)8-5-13/h3-11H,1-2H3/b15-9-. The summed E-state index contributed by atoms with van der Waals surface area (Å²) in [7, 11) is 1.58. The molecular weight excluding hydrogens is 322 g/mol. The first kappa shape index (κ1) is 16.4. The Hall–Kier alpha value is -3.41. The van der Waals surface area contributed by atoms with E-state index in [0.29, 0.717) is 22.6 Å². The summed E-state index contributed by atoms with van der Waals surface area (Å²) in [6.07, 6.45) is 3.23. The predicted octanol–water partition coefficient (Wildman–Crippen LogP) is 3.89. The van der Waals surface area contributed by atoms with Crippen LogP contribution < -0.4 is 4.74 Å². The second kappa shape index (κ2) is 6.60. The van der Waals surface area contributed by atoms with Gasteiger partial charge in [0, 0.05) is 17.7 Å². The summed E-state index contributed by atoms with van der Waals surface area (Å²) >= 11 is 0. The first-order valence-electron chi connectivity index (χ1n) is 7.53. The second-order valence-electron chi connectivity index (χ2n) is 5.52. The van der Waals surface area contributed by atoms with Crippen molar-refractivity contribution in [2.75, 3.05) is 7.11 Å². The summed E-state index contributed by atoms with van der Waals surface area (Å²) in [4.78, 5) is 22.6. The number of carbonyl (C=O) groups excluding carboxylic acids is 1. The molecule has 0 saturated heterocycles. The van der Waals surface area contributed by atoms with Crippen molar-refractivity contribution in [1.82, 2.24) is 0 Å². The van der Waals surface area contributed by atoms with Gasteiger partial charge in [-0.05, 0) is 54.5 Å². The van der Waals surface area contributed by atoms with Crippen LogP contribution in [0, 0.1) is 17.0 Å². The molecule has 1 aliphatic rings. The summed E-state index contributed by atoms with van der Waals surface area (Å²) in [5.74, 6) is 0.648. The lowest BCUT2D eigenvalue weighted by atomic mass is 10.0. The van der Waals surface area contributed by atoms with Crippen LogP contribution in [0.2, 0.25) is 0 Å². The molecule has 0 spiro atoms. The van der Waals surface area contributed by atoms with E-state index in [4.69, 9.17) is 9.47 Å². The molecule has 126 valence electrons. The van der Waals surface area contributed by atoms with Gasteiger partial charge in [-0.2, -0.15) is 0 Å². The number of ether oxygens (including phenoxy) is 2. The Bertz CT molecular complexity index is 910. The Morgan fingerprint density at radius 1 is 1.16 bits per heavy atom. The molecule has 0 fully saturated rings. The number of nitrogens with zero attached hydrogens (tertiary/aromatic N) is 1. The number of rotatable bonds is 4. The Morgan fingerprint density at radius 2 is 1.88 bits per heavy atom. The van der Waals surface area contributed by atoms with E-state index in [1.807, 2.05) is 6.92 Å². The molecule has 1 aliphatic heterocycles. The number of nitro groups is 1. The van der Waals surface area contributed by atoms with Gasteiger partial charge in [0.05, 0.1) is 17.6 Å². The molecule has 0 aromatic heterocycles. The smallest absolute Gasteiger partial charge is 0.343 e. The van der Waals surface area contributed by atoms with Crippen molar-refractivity contribution in [3.05, 3.63) is 80.9 Å². The number of carbonyl (C=O) groups is 1. The highest BCUT2D eigenvalue weighted by atomic mass is 16.6. The maximum absolute atomic E-state index is 12.1. The molecule has 6 nitrogen and oxygen atoms in total. The van der Waals surface area contributed by atoms with Crippen LogP contribution in [0.15, 0.2) is 54.1 Å². The van der Waals surface area contributed by atoms with Gasteiger partial charge in [0.1, 0.15) is 11.5 Å². The van der Waals surface area contributed by atoms with Gasteiger partial charge < -0.3 is 9.47 Å². The maximum Gasteiger partial charge on any atom is 0.343 e. The number of hydrogen-bond donors (Lipinski definition) is 0. The van der Waals surface area contributed by atoms with Crippen molar-refractivity contribution in [1.29, 1.82) is 0 Å². The first-order chi connectivity index (χ1) is 12.0. The normalized spacial score (nSPS) is 15.0. The van der Waals surface area contributed by atoms with E-state index in [0.717, 1.165) is 11.1 Å². The molecule has 0 N–H and O–H groups in total. The topological polar surface area (TPSA) is 78.7 Å². The van der Waals surface area contributed by atoms with Crippen molar-refractivity contribution < 1.29 is 19.2 Å². The van der Waals surface area contributed by atoms with Crippen LogP contribution in [0.25, 0.3) is 11.8 Å². The largest absolute Gasteiger partial charge is 0.497 e. The lowest BCUT2D eigenvalue weighted by Gasteiger charge is -2.03. The first-order valence-corrected chi connectivity index (χ1v) is 7.53. The van der Waals surface area contributed by atoms with E-state index in [1.54, 1.807) is 49.6 Å². The van der Waals surface area contributed by atoms with Gasteiger partial charge in [0.15, 0.2) is 0 Å². The molecule has 0 bridgehead atoms. The fraction of sp³-hybridized carbons (Fsp3) is 0.105. The molecule has 0 saturated carbocycles. The van der Waals surface area contributed by atoms with Gasteiger partial charge in [-0.15, -0.1) is 0 Å². The number of benzene rings is 2. The summed E-state index contributed by atoms with van der Waals surface area (Å²) in [5, 5.41) is 10.9. The predicted molar refractivity (Wildman–Crippen MR) is 92.9 cm³/mol.